The molecule has 19 heteroatoms. The molecule has 52 heavy (non-hydrogen) atoms. The molecule has 10 N–H and O–H groups in total. The minimum atomic E-state index is -1.98. The molecule has 0 aliphatic carbocycles. The molecule has 5 rings (SSSR count). The van der Waals surface area contributed by atoms with Gasteiger partial charge in [0, 0.05) is 17.7 Å². The molecular weight excluding hydrogens is 700 g/mol. The zero-order valence-corrected chi connectivity index (χ0v) is 27.8. The average molecular weight is 743 g/mol. The smallest absolute Gasteiger partial charge is 0.239 e. The van der Waals surface area contributed by atoms with E-state index in [-0.39, 0.29) is 79.2 Å². The highest BCUT2D eigenvalue weighted by Crippen LogP contribution is 2.40. The first-order valence-corrected chi connectivity index (χ1v) is 16.3. The molecule has 19 nitrogen and oxygen atoms in total. The van der Waals surface area contributed by atoms with Gasteiger partial charge >= 0.3 is 0 Å². The molecule has 2 fully saturated rings. The summed E-state index contributed by atoms with van der Waals surface area (Å²) in [5.41, 5.74) is -1.08. The largest absolute Gasteiger partial charge is 0.507 e. The Morgan fingerprint density at radius 2 is 1.35 bits per heavy atom. The number of aromatic hydroxyl groups is 1. The molecule has 4 unspecified atom stereocenters. The molecular formula is C33H42O19. The van der Waals surface area contributed by atoms with E-state index in [2.05, 4.69) is 0 Å². The monoisotopic (exact) mass is 742 g/mol. The number of hydrogen-bond acceptors (Lipinski definition) is 19. The van der Waals surface area contributed by atoms with E-state index in [1.54, 1.807) is 0 Å². The summed E-state index contributed by atoms with van der Waals surface area (Å²) < 4.78 is 45.1. The molecule has 288 valence electrons. The molecule has 2 saturated heterocycles. The number of ether oxygens (including phenoxy) is 7. The summed E-state index contributed by atoms with van der Waals surface area (Å²) in [5.74, 6) is -1.31. The van der Waals surface area contributed by atoms with E-state index in [1.807, 2.05) is 0 Å². The molecule has 10 atom stereocenters. The Morgan fingerprint density at radius 1 is 0.712 bits per heavy atom. The van der Waals surface area contributed by atoms with Crippen LogP contribution in [-0.4, -0.2) is 159 Å². The Labute approximate surface area is 294 Å². The van der Waals surface area contributed by atoms with Gasteiger partial charge in [-0.15, -0.1) is 0 Å². The second-order valence-electron chi connectivity index (χ2n) is 11.9. The Bertz CT molecular complexity index is 1700. The van der Waals surface area contributed by atoms with Gasteiger partial charge in [0.1, 0.15) is 85.0 Å². The lowest BCUT2D eigenvalue weighted by molar-refractivity contribution is -0.318. The summed E-state index contributed by atoms with van der Waals surface area (Å²) in [6, 6.07) is 6.59. The second-order valence-corrected chi connectivity index (χ2v) is 11.9. The fourth-order valence-corrected chi connectivity index (χ4v) is 5.60. The molecule has 0 saturated carbocycles. The molecule has 0 bridgehead atoms. The summed E-state index contributed by atoms with van der Waals surface area (Å²) in [6.45, 7) is -0.648. The van der Waals surface area contributed by atoms with Gasteiger partial charge in [-0.3, -0.25) is 4.79 Å². The first kappa shape index (κ1) is 39.4. The summed E-state index contributed by atoms with van der Waals surface area (Å²) in [7, 11) is 0. The number of fused-ring (bicyclic) bond motifs is 1. The average Bonchev–Trinajstić information content (AvgIpc) is 3.13. The van der Waals surface area contributed by atoms with Gasteiger partial charge in [0.25, 0.3) is 0 Å². The van der Waals surface area contributed by atoms with E-state index < -0.39 is 84.9 Å². The number of benzene rings is 2. The molecule has 0 radical (unpaired) electrons. The lowest BCUT2D eigenvalue weighted by Gasteiger charge is -2.42. The van der Waals surface area contributed by atoms with Crippen molar-refractivity contribution < 1.29 is 88.6 Å². The Hall–Kier alpha value is -3.83. The number of rotatable bonds is 15. The van der Waals surface area contributed by atoms with Crippen molar-refractivity contribution in [1.82, 2.24) is 0 Å². The Balaban J connectivity index is 1.53. The molecule has 0 spiro atoms. The highest BCUT2D eigenvalue weighted by Gasteiger charge is 2.48. The van der Waals surface area contributed by atoms with E-state index in [0.29, 0.717) is 0 Å². The summed E-state index contributed by atoms with van der Waals surface area (Å²) >= 11 is 0. The Morgan fingerprint density at radius 3 is 2.04 bits per heavy atom. The molecule has 1 aromatic heterocycles. The fraction of sp³-hybridized carbons (Fsp3) is 0.545. The van der Waals surface area contributed by atoms with Crippen molar-refractivity contribution in [3.8, 4) is 40.1 Å². The predicted molar refractivity (Wildman–Crippen MR) is 173 cm³/mol. The maximum atomic E-state index is 14.1. The molecule has 3 aromatic rings. The van der Waals surface area contributed by atoms with Crippen LogP contribution in [0, 0.1) is 0 Å². The lowest BCUT2D eigenvalue weighted by Crippen LogP contribution is -2.61. The third-order valence-corrected chi connectivity index (χ3v) is 8.31. The van der Waals surface area contributed by atoms with Gasteiger partial charge in [0.05, 0.1) is 32.5 Å². The van der Waals surface area contributed by atoms with Crippen molar-refractivity contribution in [3.63, 3.8) is 0 Å². The lowest BCUT2D eigenvalue weighted by atomic mass is 9.98. The van der Waals surface area contributed by atoms with Gasteiger partial charge in [-0.25, -0.2) is 0 Å². The van der Waals surface area contributed by atoms with E-state index >= 15 is 0 Å². The van der Waals surface area contributed by atoms with Crippen molar-refractivity contribution >= 4 is 11.0 Å². The molecule has 0 amide bonds. The third kappa shape index (κ3) is 8.36. The normalized spacial score (nSPS) is 29.2. The van der Waals surface area contributed by atoms with Crippen molar-refractivity contribution in [1.29, 1.82) is 0 Å². The van der Waals surface area contributed by atoms with E-state index in [4.69, 9.17) is 37.6 Å². The fourth-order valence-electron chi connectivity index (χ4n) is 5.60. The van der Waals surface area contributed by atoms with Crippen LogP contribution < -0.4 is 24.4 Å². The van der Waals surface area contributed by atoms with Crippen molar-refractivity contribution in [3.05, 3.63) is 40.6 Å². The maximum Gasteiger partial charge on any atom is 0.239 e. The number of aliphatic hydroxyl groups is 9. The summed E-state index contributed by atoms with van der Waals surface area (Å²) in [4.78, 5) is 14.1. The first-order valence-electron chi connectivity index (χ1n) is 16.3. The standard InChI is InChI=1S/C33H42O19/c1-14-23(38)26(41)28(43)32(49-14)48-13-21-24(39)27(42)29(44)33(51-21)52-31-25(40)22-17(37)11-16(45-7-4-34)12-20(22)50-30(31)15-2-3-18(46-8-5-35)19(10-15)47-9-6-36/h2-3,10-12,14,21,23-24,26-29,32-39,41-44H,4-9,13H2,1H3/t14?,21?,23-,24+,26-,27?,28?,29-,32+,33-/m0/s1. The van der Waals surface area contributed by atoms with Crippen LogP contribution in [0.3, 0.4) is 0 Å². The zero-order valence-electron chi connectivity index (χ0n) is 27.8. The van der Waals surface area contributed by atoms with Crippen LogP contribution in [-0.2, 0) is 14.2 Å². The minimum absolute atomic E-state index is 0.0380. The van der Waals surface area contributed by atoms with Gasteiger partial charge in [-0.05, 0) is 25.1 Å². The number of phenols is 1. The zero-order chi connectivity index (χ0) is 37.7. The summed E-state index contributed by atoms with van der Waals surface area (Å²) in [6.07, 6.45) is -16.3. The van der Waals surface area contributed by atoms with Crippen LogP contribution in [0.1, 0.15) is 6.92 Å². The van der Waals surface area contributed by atoms with E-state index in [9.17, 15) is 55.9 Å². The third-order valence-electron chi connectivity index (χ3n) is 8.31. The van der Waals surface area contributed by atoms with E-state index in [0.717, 1.165) is 6.07 Å². The van der Waals surface area contributed by atoms with Crippen LogP contribution >= 0.6 is 0 Å². The first-order chi connectivity index (χ1) is 24.9. The number of aliphatic hydroxyl groups excluding tert-OH is 9. The predicted octanol–water partition coefficient (Wildman–Crippen LogP) is -2.69. The van der Waals surface area contributed by atoms with Gasteiger partial charge in [-0.2, -0.15) is 0 Å². The van der Waals surface area contributed by atoms with E-state index in [1.165, 1.54) is 31.2 Å². The van der Waals surface area contributed by atoms with Gasteiger partial charge in [-0.1, -0.05) is 0 Å². The number of phenolic OH excluding ortho intramolecular Hbond substituents is 1. The summed E-state index contributed by atoms with van der Waals surface area (Å²) in [5, 5.41) is 101. The molecule has 2 aromatic carbocycles. The van der Waals surface area contributed by atoms with Crippen molar-refractivity contribution in [2.45, 2.75) is 68.3 Å². The molecule has 2 aliphatic rings. The Kier molecular flexibility index (Phi) is 13.1. The minimum Gasteiger partial charge on any atom is -0.507 e. The quantitative estimate of drug-likeness (QED) is 0.0758. The van der Waals surface area contributed by atoms with Crippen molar-refractivity contribution in [2.24, 2.45) is 0 Å². The second kappa shape index (κ2) is 17.3. The molecule has 2 aliphatic heterocycles. The van der Waals surface area contributed by atoms with Gasteiger partial charge < -0.3 is 88.6 Å². The van der Waals surface area contributed by atoms with Crippen LogP contribution in [0.5, 0.6) is 28.7 Å². The number of hydrogen-bond donors (Lipinski definition) is 10. The van der Waals surface area contributed by atoms with Crippen LogP contribution in [0.15, 0.2) is 39.5 Å². The van der Waals surface area contributed by atoms with Gasteiger partial charge in [0.15, 0.2) is 23.5 Å². The highest BCUT2D eigenvalue weighted by atomic mass is 16.7. The maximum absolute atomic E-state index is 14.1. The van der Waals surface area contributed by atoms with Crippen molar-refractivity contribution in [2.75, 3.05) is 46.2 Å². The van der Waals surface area contributed by atoms with Gasteiger partial charge in [0.2, 0.25) is 17.5 Å². The van der Waals surface area contributed by atoms with Crippen LogP contribution in [0.4, 0.5) is 0 Å². The SMILES string of the molecule is CC1O[C@@H](OCC2O[C@@H](Oc3c(-c4ccc(OCCO)c(OCCO)c4)oc4cc(OCCO)cc(O)c4c3=O)[C@@H](O)C(O)[C@@H]2O)C(O)[C@@H](O)[C@H]1O. The highest BCUT2D eigenvalue weighted by molar-refractivity contribution is 5.88. The topological polar surface area (TPSA) is 297 Å². The van der Waals surface area contributed by atoms with Crippen LogP contribution in [0.25, 0.3) is 22.3 Å². The van der Waals surface area contributed by atoms with Crippen LogP contribution in [0.2, 0.25) is 0 Å². The molecule has 3 heterocycles.